The molecular weight excluding hydrogens is 445 g/mol. The van der Waals surface area contributed by atoms with E-state index in [0.29, 0.717) is 43.4 Å². The molecule has 160 valence electrons. The van der Waals surface area contributed by atoms with E-state index in [-0.39, 0.29) is 18.2 Å². The Balaban J connectivity index is 1.67. The van der Waals surface area contributed by atoms with Crippen LogP contribution < -0.4 is 10.2 Å². The minimum atomic E-state index is -0.184. The number of nitrogens with zero attached hydrogens (tertiary/aromatic N) is 2. The number of halogens is 2. The van der Waals surface area contributed by atoms with Crippen LogP contribution in [0.1, 0.15) is 15.9 Å². The summed E-state index contributed by atoms with van der Waals surface area (Å²) in [5.41, 5.74) is 2.80. The van der Waals surface area contributed by atoms with E-state index < -0.39 is 0 Å². The fourth-order valence-corrected chi connectivity index (χ4v) is 3.66. The van der Waals surface area contributed by atoms with E-state index in [1.807, 2.05) is 6.07 Å². The predicted octanol–water partition coefficient (Wildman–Crippen LogP) is 5.85. The first-order chi connectivity index (χ1) is 15.4. The van der Waals surface area contributed by atoms with Gasteiger partial charge in [0.05, 0.1) is 23.3 Å². The zero-order chi connectivity index (χ0) is 22.7. The lowest BCUT2D eigenvalue weighted by molar-refractivity contribution is -0.116. The molecule has 0 bridgehead atoms. The average molecular weight is 464 g/mol. The summed E-state index contributed by atoms with van der Waals surface area (Å²) >= 11 is 12.1. The Hall–Kier alpha value is -3.41. The lowest BCUT2D eigenvalue weighted by atomic mass is 10.0. The van der Waals surface area contributed by atoms with Crippen molar-refractivity contribution in [1.29, 1.82) is 0 Å². The van der Waals surface area contributed by atoms with Gasteiger partial charge >= 0.3 is 0 Å². The summed E-state index contributed by atoms with van der Waals surface area (Å²) < 4.78 is 0. The first-order valence-corrected chi connectivity index (χ1v) is 10.6. The number of nitrogens with one attached hydrogen (secondary N) is 1. The number of ketones is 1. The van der Waals surface area contributed by atoms with E-state index in [1.54, 1.807) is 73.8 Å². The number of hydrogen-bond donors (Lipinski definition) is 1. The molecule has 5 nitrogen and oxygen atoms in total. The minimum Gasteiger partial charge on any atom is -0.375 e. The number of pyridine rings is 1. The van der Waals surface area contributed by atoms with Crippen LogP contribution in [0.2, 0.25) is 10.0 Å². The number of hydrogen-bond acceptors (Lipinski definition) is 4. The monoisotopic (exact) mass is 463 g/mol. The molecule has 0 aliphatic carbocycles. The van der Waals surface area contributed by atoms with Crippen molar-refractivity contribution in [3.63, 3.8) is 0 Å². The molecule has 1 N–H and O–H groups in total. The van der Waals surface area contributed by atoms with Gasteiger partial charge in [0, 0.05) is 39.9 Å². The Labute approximate surface area is 195 Å². The van der Waals surface area contributed by atoms with Crippen LogP contribution in [0.5, 0.6) is 0 Å². The second-order valence-corrected chi connectivity index (χ2v) is 8.06. The van der Waals surface area contributed by atoms with Gasteiger partial charge in [-0.25, -0.2) is 0 Å². The summed E-state index contributed by atoms with van der Waals surface area (Å²) in [5, 5.41) is 5.01. The van der Waals surface area contributed by atoms with Crippen LogP contribution in [0.4, 0.5) is 11.4 Å². The smallest absolute Gasteiger partial charge is 0.246 e. The Bertz CT molecular complexity index is 1290. The summed E-state index contributed by atoms with van der Waals surface area (Å²) in [4.78, 5) is 32.0. The van der Waals surface area contributed by atoms with Crippen molar-refractivity contribution < 1.29 is 9.59 Å². The molecule has 0 atom stereocenters. The number of fused-ring (bicyclic) bond motifs is 1. The van der Waals surface area contributed by atoms with Crippen LogP contribution in [0.3, 0.4) is 0 Å². The second kappa shape index (κ2) is 9.39. The van der Waals surface area contributed by atoms with E-state index in [0.717, 1.165) is 0 Å². The molecule has 0 saturated carbocycles. The zero-order valence-corrected chi connectivity index (χ0v) is 18.7. The summed E-state index contributed by atoms with van der Waals surface area (Å²) in [6.07, 6.45) is 1.52. The van der Waals surface area contributed by atoms with Gasteiger partial charge in [-0.2, -0.15) is 0 Å². The molecule has 0 fully saturated rings. The van der Waals surface area contributed by atoms with Crippen molar-refractivity contribution in [2.45, 2.75) is 0 Å². The molecule has 1 amide bonds. The van der Waals surface area contributed by atoms with Crippen LogP contribution in [0, 0.1) is 0 Å². The SMILES string of the molecule is CN(C(=O)CNc1c(C(=O)c2ccccc2)cnc2cc(Cl)ccc12)c1ccc(Cl)cc1. The Morgan fingerprint density at radius 2 is 1.62 bits per heavy atom. The molecule has 0 saturated heterocycles. The van der Waals surface area contributed by atoms with Gasteiger partial charge in [0.15, 0.2) is 5.78 Å². The lowest BCUT2D eigenvalue weighted by Crippen LogP contribution is -2.32. The minimum absolute atomic E-state index is 0.0179. The number of anilines is 2. The third-order valence-corrected chi connectivity index (χ3v) is 5.60. The van der Waals surface area contributed by atoms with Gasteiger partial charge in [-0.15, -0.1) is 0 Å². The number of likely N-dealkylation sites (N-methyl/N-ethyl adjacent to an activating group) is 1. The highest BCUT2D eigenvalue weighted by molar-refractivity contribution is 6.31. The van der Waals surface area contributed by atoms with Crippen molar-refractivity contribution >= 4 is 57.2 Å². The van der Waals surface area contributed by atoms with Crippen molar-refractivity contribution in [2.24, 2.45) is 0 Å². The molecule has 1 aromatic heterocycles. The molecule has 32 heavy (non-hydrogen) atoms. The van der Waals surface area contributed by atoms with E-state index in [1.165, 1.54) is 11.1 Å². The lowest BCUT2D eigenvalue weighted by Gasteiger charge is -2.19. The molecule has 0 aliphatic rings. The number of aromatic nitrogens is 1. The molecule has 4 rings (SSSR count). The largest absolute Gasteiger partial charge is 0.375 e. The van der Waals surface area contributed by atoms with Crippen LogP contribution in [0.25, 0.3) is 10.9 Å². The Morgan fingerprint density at radius 1 is 0.938 bits per heavy atom. The van der Waals surface area contributed by atoms with Gasteiger partial charge in [0.25, 0.3) is 0 Å². The van der Waals surface area contributed by atoms with Crippen molar-refractivity contribution in [2.75, 3.05) is 23.8 Å². The molecular formula is C25H19Cl2N3O2. The molecule has 3 aromatic carbocycles. The molecule has 0 unspecified atom stereocenters. The normalized spacial score (nSPS) is 10.7. The summed E-state index contributed by atoms with van der Waals surface area (Å²) in [7, 11) is 1.69. The van der Waals surface area contributed by atoms with Crippen molar-refractivity contribution in [3.8, 4) is 0 Å². The standard InChI is InChI=1S/C25H19Cl2N3O2/c1-30(19-10-7-17(26)8-11-19)23(31)15-29-24-20-12-9-18(27)13-22(20)28-14-21(24)25(32)16-5-3-2-4-6-16/h2-14H,15H2,1H3,(H,28,29). The van der Waals surface area contributed by atoms with Gasteiger partial charge < -0.3 is 10.2 Å². The highest BCUT2D eigenvalue weighted by Gasteiger charge is 2.19. The Morgan fingerprint density at radius 3 is 2.34 bits per heavy atom. The number of amides is 1. The van der Waals surface area contributed by atoms with Crippen LogP contribution in [-0.2, 0) is 4.79 Å². The molecule has 7 heteroatoms. The van der Waals surface area contributed by atoms with Gasteiger partial charge in [-0.05, 0) is 42.5 Å². The van der Waals surface area contributed by atoms with Gasteiger partial charge in [-0.1, -0.05) is 53.5 Å². The van der Waals surface area contributed by atoms with Gasteiger partial charge in [0.2, 0.25) is 5.91 Å². The zero-order valence-electron chi connectivity index (χ0n) is 17.2. The van der Waals surface area contributed by atoms with Crippen LogP contribution in [-0.4, -0.2) is 30.3 Å². The number of carbonyl (C=O) groups is 2. The third-order valence-electron chi connectivity index (χ3n) is 5.12. The first kappa shape index (κ1) is 21.8. The van der Waals surface area contributed by atoms with Gasteiger partial charge in [0.1, 0.15) is 0 Å². The fourth-order valence-electron chi connectivity index (χ4n) is 3.37. The van der Waals surface area contributed by atoms with Crippen molar-refractivity contribution in [3.05, 3.63) is 100 Å². The van der Waals surface area contributed by atoms with E-state index >= 15 is 0 Å². The second-order valence-electron chi connectivity index (χ2n) is 7.19. The third kappa shape index (κ3) is 4.59. The quantitative estimate of drug-likeness (QED) is 0.364. The topological polar surface area (TPSA) is 62.3 Å². The maximum Gasteiger partial charge on any atom is 0.246 e. The van der Waals surface area contributed by atoms with E-state index in [2.05, 4.69) is 10.3 Å². The summed E-state index contributed by atoms with van der Waals surface area (Å²) in [5.74, 6) is -0.361. The maximum atomic E-state index is 13.2. The molecule has 1 heterocycles. The molecule has 0 radical (unpaired) electrons. The Kier molecular flexibility index (Phi) is 6.40. The highest BCUT2D eigenvalue weighted by atomic mass is 35.5. The summed E-state index contributed by atoms with van der Waals surface area (Å²) in [6, 6.07) is 21.2. The van der Waals surface area contributed by atoms with Crippen LogP contribution in [0.15, 0.2) is 79.0 Å². The van der Waals surface area contributed by atoms with E-state index in [9.17, 15) is 9.59 Å². The number of benzene rings is 3. The van der Waals surface area contributed by atoms with Gasteiger partial charge in [-0.3, -0.25) is 14.6 Å². The van der Waals surface area contributed by atoms with Crippen molar-refractivity contribution in [1.82, 2.24) is 4.98 Å². The molecule has 4 aromatic rings. The number of rotatable bonds is 6. The first-order valence-electron chi connectivity index (χ1n) is 9.88. The predicted molar refractivity (Wildman–Crippen MR) is 130 cm³/mol. The molecule has 0 aliphatic heterocycles. The number of carbonyl (C=O) groups excluding carboxylic acids is 2. The average Bonchev–Trinajstić information content (AvgIpc) is 2.82. The molecule has 0 spiro atoms. The van der Waals surface area contributed by atoms with E-state index in [4.69, 9.17) is 23.2 Å². The maximum absolute atomic E-state index is 13.2. The fraction of sp³-hybridized carbons (Fsp3) is 0.0800. The summed E-state index contributed by atoms with van der Waals surface area (Å²) in [6.45, 7) is -0.0179. The van der Waals surface area contributed by atoms with Crippen LogP contribution >= 0.6 is 23.2 Å². The highest BCUT2D eigenvalue weighted by Crippen LogP contribution is 2.30.